The SMILES string of the molecule is C.CCn1c(=O)c2cc3c(=O)n(-c4ccc(-n5c(=O)c6cc7c(=O)n(-c8ccc(-n9c(=O)c%10cc%11c(=O)n(CC)c(=O)c%11cc%10c9=O)cc8)c(=O)c7cc6c5=O)cc4)c(=O)c3cc2c1=O. The van der Waals surface area contributed by atoms with E-state index in [0.717, 1.165) is 39.5 Å². The van der Waals surface area contributed by atoms with Gasteiger partial charge < -0.3 is 0 Å². The molecule has 0 atom stereocenters. The summed E-state index contributed by atoms with van der Waals surface area (Å²) >= 11 is 0. The normalized spacial score (nSPS) is 12.0. The van der Waals surface area contributed by atoms with Crippen molar-refractivity contribution in [3.8, 4) is 22.7 Å². The van der Waals surface area contributed by atoms with E-state index < -0.39 is 66.7 Å². The molecule has 318 valence electrons. The lowest BCUT2D eigenvalue weighted by Gasteiger charge is -2.04. The summed E-state index contributed by atoms with van der Waals surface area (Å²) in [6.07, 6.45) is 0. The predicted molar refractivity (Wildman–Crippen MR) is 245 cm³/mol. The average molecular weight is 869 g/mol. The van der Waals surface area contributed by atoms with Crippen molar-refractivity contribution < 1.29 is 0 Å². The topological polar surface area (TPSA) is 234 Å². The minimum Gasteiger partial charge on any atom is -0.275 e. The Hall–Kier alpha value is -9.06. The van der Waals surface area contributed by atoms with Crippen molar-refractivity contribution in [2.45, 2.75) is 34.4 Å². The summed E-state index contributed by atoms with van der Waals surface area (Å²) in [7, 11) is 0. The van der Waals surface area contributed by atoms with Crippen LogP contribution in [0, 0.1) is 0 Å². The zero-order chi connectivity index (χ0) is 44.9. The van der Waals surface area contributed by atoms with E-state index in [1.165, 1.54) is 72.8 Å². The lowest BCUT2D eigenvalue weighted by atomic mass is 10.1. The van der Waals surface area contributed by atoms with Crippen molar-refractivity contribution in [3.63, 3.8) is 0 Å². The largest absolute Gasteiger partial charge is 0.275 e. The van der Waals surface area contributed by atoms with Gasteiger partial charge in [-0.15, -0.1) is 0 Å². The van der Waals surface area contributed by atoms with Gasteiger partial charge in [0.15, 0.2) is 0 Å². The van der Waals surface area contributed by atoms with Gasteiger partial charge in [0, 0.05) is 13.1 Å². The monoisotopic (exact) mass is 868 g/mol. The highest BCUT2D eigenvalue weighted by Gasteiger charge is 2.24. The van der Waals surface area contributed by atoms with E-state index in [9.17, 15) is 57.5 Å². The molecule has 11 aromatic rings. The third-order valence-corrected chi connectivity index (χ3v) is 12.2. The van der Waals surface area contributed by atoms with E-state index in [4.69, 9.17) is 0 Å². The molecule has 0 radical (unpaired) electrons. The molecule has 65 heavy (non-hydrogen) atoms. The number of rotatable bonds is 6. The Morgan fingerprint density at radius 1 is 0.262 bits per heavy atom. The first-order valence-corrected chi connectivity index (χ1v) is 19.7. The van der Waals surface area contributed by atoms with Crippen molar-refractivity contribution in [1.82, 2.24) is 27.4 Å². The van der Waals surface area contributed by atoms with E-state index in [0.29, 0.717) is 0 Å². The summed E-state index contributed by atoms with van der Waals surface area (Å²) in [5.74, 6) is 0. The van der Waals surface area contributed by atoms with Crippen molar-refractivity contribution in [1.29, 1.82) is 0 Å². The van der Waals surface area contributed by atoms with Crippen LogP contribution >= 0.6 is 0 Å². The summed E-state index contributed by atoms with van der Waals surface area (Å²) < 4.78 is 5.37. The first-order valence-electron chi connectivity index (χ1n) is 19.7. The van der Waals surface area contributed by atoms with E-state index in [1.807, 2.05) is 0 Å². The third kappa shape index (κ3) is 5.03. The first kappa shape index (κ1) is 40.0. The highest BCUT2D eigenvalue weighted by Crippen LogP contribution is 2.21. The molecular weight excluding hydrogens is 841 g/mol. The van der Waals surface area contributed by atoms with E-state index in [-0.39, 0.29) is 108 Å². The predicted octanol–water partition coefficient (Wildman–Crippen LogP) is 0.997. The maximum absolute atomic E-state index is 13.8. The number of hydrogen-bond donors (Lipinski definition) is 0. The number of aromatic nitrogens is 6. The van der Waals surface area contributed by atoms with Crippen LogP contribution in [0.15, 0.2) is 142 Å². The molecule has 18 nitrogen and oxygen atoms in total. The molecule has 0 aliphatic rings. The molecule has 18 heteroatoms. The molecule has 0 saturated carbocycles. The number of benzene rings is 5. The summed E-state index contributed by atoms with van der Waals surface area (Å²) in [6, 6.07) is 17.9. The summed E-state index contributed by atoms with van der Waals surface area (Å²) in [5, 5.41) is -0.820. The Balaban J connectivity index is 0.00000498. The molecule has 5 aromatic carbocycles. The standard InChI is InChI=1S/C46H24N6O12.CH4/c1-3-47-35(53)23-13-27-28(14-24(23)36(47)54)40(58)49(39(27)57)19-5-9-21(10-6-19)51-43(61)31-17-33-34(18-32(31)44(51)62)46(64)52(45(33)63)22-11-7-20(8-12-22)50-41(59)29-15-25-26(16-30(29)42(50)60)38(56)48(4-2)37(25)55;/h5-18H,3-4H2,1-2H3;1H4. The Morgan fingerprint density at radius 2 is 0.400 bits per heavy atom. The maximum atomic E-state index is 13.8. The second-order valence-corrected chi connectivity index (χ2v) is 15.4. The molecule has 6 aromatic heterocycles. The molecule has 0 spiro atoms. The highest BCUT2D eigenvalue weighted by molar-refractivity contribution is 6.00. The fourth-order valence-electron chi connectivity index (χ4n) is 9.03. The van der Waals surface area contributed by atoms with Crippen LogP contribution in [-0.4, -0.2) is 27.4 Å². The smallest absolute Gasteiger partial charge is 0.266 e. The second kappa shape index (κ2) is 13.5. The minimum absolute atomic E-state index is 0. The van der Waals surface area contributed by atoms with Gasteiger partial charge >= 0.3 is 0 Å². The first-order chi connectivity index (χ1) is 30.7. The van der Waals surface area contributed by atoms with E-state index >= 15 is 0 Å². The highest BCUT2D eigenvalue weighted by atomic mass is 16.2. The summed E-state index contributed by atoms with van der Waals surface area (Å²) in [4.78, 5) is 160. The lowest BCUT2D eigenvalue weighted by Crippen LogP contribution is -2.25. The second-order valence-electron chi connectivity index (χ2n) is 15.4. The Bertz CT molecular complexity index is 4120. The van der Waals surface area contributed by atoms with Crippen LogP contribution in [0.4, 0.5) is 0 Å². The molecule has 0 amide bonds. The molecule has 0 N–H and O–H groups in total. The fourth-order valence-corrected chi connectivity index (χ4v) is 9.03. The molecule has 0 aliphatic heterocycles. The maximum Gasteiger partial charge on any atom is 0.266 e. The van der Waals surface area contributed by atoms with Gasteiger partial charge in [-0.1, -0.05) is 7.43 Å². The summed E-state index contributed by atoms with van der Waals surface area (Å²) in [6.45, 7) is 3.48. The van der Waals surface area contributed by atoms with Gasteiger partial charge in [-0.2, -0.15) is 0 Å². The zero-order valence-corrected chi connectivity index (χ0v) is 33.1. The van der Waals surface area contributed by atoms with Gasteiger partial charge in [-0.25, -0.2) is 18.3 Å². The van der Waals surface area contributed by atoms with Crippen LogP contribution in [0.2, 0.25) is 0 Å². The summed E-state index contributed by atoms with van der Waals surface area (Å²) in [5.41, 5.74) is -8.26. The molecule has 0 fully saturated rings. The van der Waals surface area contributed by atoms with Crippen LogP contribution in [0.1, 0.15) is 21.3 Å². The Morgan fingerprint density at radius 3 is 0.538 bits per heavy atom. The van der Waals surface area contributed by atoms with Crippen molar-refractivity contribution in [2.24, 2.45) is 0 Å². The van der Waals surface area contributed by atoms with E-state index in [1.54, 1.807) is 13.8 Å². The Kier molecular flexibility index (Phi) is 8.30. The molecule has 11 rings (SSSR count). The van der Waals surface area contributed by atoms with Crippen molar-refractivity contribution in [2.75, 3.05) is 0 Å². The van der Waals surface area contributed by atoms with Gasteiger partial charge in [-0.05, 0) is 98.8 Å². The van der Waals surface area contributed by atoms with Crippen molar-refractivity contribution >= 4 is 64.6 Å². The Labute approximate surface area is 357 Å². The van der Waals surface area contributed by atoms with Gasteiger partial charge in [-0.3, -0.25) is 66.7 Å². The molecule has 0 bridgehead atoms. The van der Waals surface area contributed by atoms with Crippen LogP contribution in [0.25, 0.3) is 87.4 Å². The van der Waals surface area contributed by atoms with Crippen LogP contribution in [0.5, 0.6) is 0 Å². The number of nitrogens with zero attached hydrogens (tertiary/aromatic N) is 6. The van der Waals surface area contributed by atoms with Gasteiger partial charge in [0.05, 0.1) is 87.4 Å². The third-order valence-electron chi connectivity index (χ3n) is 12.2. The average Bonchev–Trinajstić information content (AvgIpc) is 4.02. The molecular formula is C47H28N6O12. The molecule has 6 heterocycles. The van der Waals surface area contributed by atoms with Gasteiger partial charge in [0.25, 0.3) is 66.7 Å². The van der Waals surface area contributed by atoms with Crippen LogP contribution in [0.3, 0.4) is 0 Å². The minimum atomic E-state index is -0.813. The van der Waals surface area contributed by atoms with Crippen LogP contribution in [-0.2, 0) is 13.1 Å². The van der Waals surface area contributed by atoms with Gasteiger partial charge in [0.2, 0.25) is 0 Å². The lowest BCUT2D eigenvalue weighted by molar-refractivity contribution is 0.722. The van der Waals surface area contributed by atoms with Gasteiger partial charge in [0.1, 0.15) is 0 Å². The number of hydrogen-bond acceptors (Lipinski definition) is 12. The fraction of sp³-hybridized carbons (Fsp3) is 0.106. The zero-order valence-electron chi connectivity index (χ0n) is 33.1. The van der Waals surface area contributed by atoms with E-state index in [2.05, 4.69) is 0 Å². The molecule has 0 unspecified atom stereocenters. The molecule has 0 aliphatic carbocycles. The molecule has 0 saturated heterocycles. The van der Waals surface area contributed by atoms with Crippen molar-refractivity contribution in [3.05, 3.63) is 209 Å². The van der Waals surface area contributed by atoms with Crippen LogP contribution < -0.4 is 66.7 Å². The quantitative estimate of drug-likeness (QED) is 0.228. The number of fused-ring (bicyclic) bond motifs is 6.